The van der Waals surface area contributed by atoms with Gasteiger partial charge in [0.05, 0.1) is 0 Å². The third-order valence-electron chi connectivity index (χ3n) is 3.13. The van der Waals surface area contributed by atoms with Gasteiger partial charge < -0.3 is 27.5 Å². The van der Waals surface area contributed by atoms with E-state index in [1.807, 2.05) is 6.92 Å². The summed E-state index contributed by atoms with van der Waals surface area (Å²) in [6.45, 7) is 3.12. The van der Waals surface area contributed by atoms with Crippen molar-refractivity contribution in [2.45, 2.75) is 45.8 Å². The summed E-state index contributed by atoms with van der Waals surface area (Å²) in [7, 11) is 0. The summed E-state index contributed by atoms with van der Waals surface area (Å²) in [5.74, 6) is 0. The molecule has 1 amide bonds. The summed E-state index contributed by atoms with van der Waals surface area (Å²) >= 11 is 0. The minimum absolute atomic E-state index is 0. The number of rotatable bonds is 3. The quantitative estimate of drug-likeness (QED) is 0.665. The van der Waals surface area contributed by atoms with Crippen LogP contribution in [0.25, 0.3) is 0 Å². The van der Waals surface area contributed by atoms with E-state index in [0.29, 0.717) is 6.42 Å². The van der Waals surface area contributed by atoms with Gasteiger partial charge in [-0.1, -0.05) is 6.92 Å². The van der Waals surface area contributed by atoms with Gasteiger partial charge in [-0.25, -0.2) is 4.79 Å². The van der Waals surface area contributed by atoms with Gasteiger partial charge in [0.15, 0.2) is 0 Å². The molecule has 0 aromatic carbocycles. The van der Waals surface area contributed by atoms with E-state index in [1.54, 1.807) is 25.7 Å². The fraction of sp³-hybridized carbons (Fsp3) is 0.917. The van der Waals surface area contributed by atoms with Crippen LogP contribution in [-0.4, -0.2) is 60.6 Å². The maximum absolute atomic E-state index is 12.5. The van der Waals surface area contributed by atoms with Gasteiger partial charge in [-0.3, -0.25) is 0 Å². The number of amides is 1. The van der Waals surface area contributed by atoms with E-state index in [1.165, 1.54) is 4.90 Å². The number of carbonyl (C=O) groups is 1. The van der Waals surface area contributed by atoms with Crippen molar-refractivity contribution < 1.29 is 73.9 Å². The first-order valence-corrected chi connectivity index (χ1v) is 6.95. The number of carbonyl (C=O) groups excluding carboxylic acids is 1. The number of nitrogens with zero attached hydrogens (tertiary/aromatic N) is 2. The standard InChI is InChI=1S/C12H23BF3N2O2.K/c1-5-10-8-17(9-13(14,15)16)6-7-18(10)11(19)20-12(2,3)4;/h10H,5-9H2,1-4H3;/q-1;+1/t10-;/m0./s1. The summed E-state index contributed by atoms with van der Waals surface area (Å²) in [5, 5.41) is 0. The van der Waals surface area contributed by atoms with Crippen molar-refractivity contribution in [3.63, 3.8) is 0 Å². The minimum atomic E-state index is -4.82. The molecule has 0 aromatic rings. The first-order chi connectivity index (χ1) is 9.02. The largest absolute Gasteiger partial charge is 1.00 e. The molecule has 1 rings (SSSR count). The zero-order valence-electron chi connectivity index (χ0n) is 13.5. The van der Waals surface area contributed by atoms with Crippen LogP contribution in [0, 0.1) is 0 Å². The Bertz CT molecular complexity index is 350. The van der Waals surface area contributed by atoms with Crippen molar-refractivity contribution >= 4 is 13.1 Å². The third-order valence-corrected chi connectivity index (χ3v) is 3.13. The molecule has 1 aliphatic rings. The van der Waals surface area contributed by atoms with Gasteiger partial charge in [0.2, 0.25) is 0 Å². The van der Waals surface area contributed by atoms with Crippen LogP contribution in [0.1, 0.15) is 34.1 Å². The summed E-state index contributed by atoms with van der Waals surface area (Å²) in [4.78, 5) is 15.0. The molecule has 1 saturated heterocycles. The second-order valence-corrected chi connectivity index (χ2v) is 6.21. The van der Waals surface area contributed by atoms with Gasteiger partial charge in [0.1, 0.15) is 5.60 Å². The Labute approximate surface area is 167 Å². The molecule has 1 aliphatic heterocycles. The molecule has 4 nitrogen and oxygen atoms in total. The molecule has 0 spiro atoms. The molecular weight excluding hydrogens is 311 g/mol. The van der Waals surface area contributed by atoms with Crippen molar-refractivity contribution in [1.29, 1.82) is 0 Å². The molecule has 1 fully saturated rings. The molecule has 1 heterocycles. The predicted octanol–water partition coefficient (Wildman–Crippen LogP) is -0.292. The van der Waals surface area contributed by atoms with E-state index < -0.39 is 25.1 Å². The Hall–Kier alpha value is 0.721. The molecule has 0 radical (unpaired) electrons. The summed E-state index contributed by atoms with van der Waals surface area (Å²) in [6, 6.07) is -0.225. The third kappa shape index (κ3) is 8.22. The molecule has 0 unspecified atom stereocenters. The molecule has 0 bridgehead atoms. The first-order valence-electron chi connectivity index (χ1n) is 6.95. The predicted molar refractivity (Wildman–Crippen MR) is 72.5 cm³/mol. The van der Waals surface area contributed by atoms with Crippen molar-refractivity contribution in [3.8, 4) is 0 Å². The van der Waals surface area contributed by atoms with E-state index in [2.05, 4.69) is 0 Å². The van der Waals surface area contributed by atoms with E-state index in [9.17, 15) is 17.7 Å². The fourth-order valence-corrected chi connectivity index (χ4v) is 2.29. The van der Waals surface area contributed by atoms with Gasteiger partial charge >= 0.3 is 64.5 Å². The molecule has 0 aliphatic carbocycles. The monoisotopic (exact) mass is 334 g/mol. The van der Waals surface area contributed by atoms with E-state index in [-0.39, 0.29) is 77.1 Å². The van der Waals surface area contributed by atoms with E-state index in [0.717, 1.165) is 0 Å². The van der Waals surface area contributed by atoms with Crippen molar-refractivity contribution in [1.82, 2.24) is 9.80 Å². The van der Waals surface area contributed by atoms with Crippen molar-refractivity contribution in [2.75, 3.05) is 26.1 Å². The van der Waals surface area contributed by atoms with Crippen LogP contribution >= 0.6 is 0 Å². The van der Waals surface area contributed by atoms with Gasteiger partial charge in [0, 0.05) is 25.7 Å². The summed E-state index contributed by atoms with van der Waals surface area (Å²) in [5.41, 5.74) is -0.596. The van der Waals surface area contributed by atoms with Crippen molar-refractivity contribution in [2.24, 2.45) is 0 Å². The van der Waals surface area contributed by atoms with Crippen LogP contribution in [0.15, 0.2) is 0 Å². The Morgan fingerprint density at radius 1 is 1.29 bits per heavy atom. The van der Waals surface area contributed by atoms with E-state index in [4.69, 9.17) is 4.74 Å². The number of halogens is 3. The van der Waals surface area contributed by atoms with Crippen LogP contribution in [0.4, 0.5) is 17.7 Å². The molecule has 118 valence electrons. The van der Waals surface area contributed by atoms with Crippen molar-refractivity contribution in [3.05, 3.63) is 0 Å². The van der Waals surface area contributed by atoms with Crippen LogP contribution in [0.2, 0.25) is 0 Å². The topological polar surface area (TPSA) is 32.8 Å². The summed E-state index contributed by atoms with van der Waals surface area (Å²) < 4.78 is 42.7. The molecule has 0 N–H and O–H groups in total. The number of ether oxygens (including phenoxy) is 1. The van der Waals surface area contributed by atoms with Gasteiger partial charge in [-0.05, 0) is 33.6 Å². The molecule has 9 heteroatoms. The second-order valence-electron chi connectivity index (χ2n) is 6.21. The van der Waals surface area contributed by atoms with Crippen LogP contribution in [-0.2, 0) is 4.74 Å². The van der Waals surface area contributed by atoms with Gasteiger partial charge in [-0.2, -0.15) is 0 Å². The molecule has 1 atom stereocenters. The van der Waals surface area contributed by atoms with Crippen LogP contribution in [0.5, 0.6) is 0 Å². The maximum atomic E-state index is 12.5. The van der Waals surface area contributed by atoms with Crippen LogP contribution in [0.3, 0.4) is 0 Å². The molecule has 0 saturated carbocycles. The second kappa shape index (κ2) is 8.54. The zero-order valence-corrected chi connectivity index (χ0v) is 16.7. The summed E-state index contributed by atoms with van der Waals surface area (Å²) in [6.07, 6.45) is -0.694. The average molecular weight is 334 g/mol. The Morgan fingerprint density at radius 2 is 1.86 bits per heavy atom. The number of piperazine rings is 1. The zero-order chi connectivity index (χ0) is 15.6. The fourth-order valence-electron chi connectivity index (χ4n) is 2.29. The van der Waals surface area contributed by atoms with Gasteiger partial charge in [0.25, 0.3) is 0 Å². The average Bonchev–Trinajstić information content (AvgIpc) is 2.24. The molecular formula is C12H23BF3KN2O2. The maximum Gasteiger partial charge on any atom is 1.00 e. The SMILES string of the molecule is CC[C@H]1CN(C[B-](F)(F)F)CCN1C(=O)OC(C)(C)C.[K+]. The van der Waals surface area contributed by atoms with E-state index >= 15 is 0 Å². The van der Waals surface area contributed by atoms with Crippen LogP contribution < -0.4 is 51.4 Å². The number of hydrogen-bond donors (Lipinski definition) is 0. The smallest absolute Gasteiger partial charge is 0.448 e. The number of hydrogen-bond acceptors (Lipinski definition) is 3. The normalized spacial score (nSPS) is 20.9. The molecule has 0 aromatic heterocycles. The Balaban J connectivity index is 0.00000400. The van der Waals surface area contributed by atoms with Gasteiger partial charge in [-0.15, -0.1) is 0 Å². The Kier molecular flexibility index (Phi) is 8.83. The molecule has 21 heavy (non-hydrogen) atoms. The first kappa shape index (κ1) is 21.7. The Morgan fingerprint density at radius 3 is 2.29 bits per heavy atom. The minimum Gasteiger partial charge on any atom is -0.448 e.